The van der Waals surface area contributed by atoms with Gasteiger partial charge in [-0.15, -0.1) is 11.3 Å². The number of fused-ring (bicyclic) bond motifs is 1. The van der Waals surface area contributed by atoms with Gasteiger partial charge >= 0.3 is 5.97 Å². The number of carbonyl (C=O) groups is 2. The van der Waals surface area contributed by atoms with Gasteiger partial charge in [0.1, 0.15) is 4.88 Å². The molecule has 2 heterocycles. The molecule has 3 rings (SSSR count). The molecule has 2 aromatic rings. The molecule has 6 heteroatoms. The highest BCUT2D eigenvalue weighted by atomic mass is 35.5. The molecule has 1 fully saturated rings. The van der Waals surface area contributed by atoms with E-state index in [-0.39, 0.29) is 17.8 Å². The average molecular weight is 352 g/mol. The van der Waals surface area contributed by atoms with E-state index in [1.807, 2.05) is 24.3 Å². The van der Waals surface area contributed by atoms with E-state index in [0.717, 1.165) is 10.1 Å². The summed E-state index contributed by atoms with van der Waals surface area (Å²) < 4.78 is 6.08. The third-order valence-corrected chi connectivity index (χ3v) is 5.79. The second-order valence-corrected chi connectivity index (χ2v) is 6.99. The van der Waals surface area contributed by atoms with Crippen molar-refractivity contribution in [1.29, 1.82) is 0 Å². The van der Waals surface area contributed by atoms with Crippen molar-refractivity contribution in [2.24, 2.45) is 5.92 Å². The standard InChI is InChI=1S/C17H18ClNO3S/c1-2-22-17(21)11-7-9-19(10-8-11)16(20)15-14(18)12-5-3-4-6-13(12)23-15/h3-6,11H,2,7-10H2,1H3. The Balaban J connectivity index is 1.72. The van der Waals surface area contributed by atoms with Crippen molar-refractivity contribution in [3.05, 3.63) is 34.2 Å². The van der Waals surface area contributed by atoms with Gasteiger partial charge in [0.25, 0.3) is 5.91 Å². The number of benzene rings is 1. The number of thiophene rings is 1. The van der Waals surface area contributed by atoms with Crippen LogP contribution in [0.15, 0.2) is 24.3 Å². The summed E-state index contributed by atoms with van der Waals surface area (Å²) in [6, 6.07) is 7.75. The Labute approximate surface area is 144 Å². The maximum atomic E-state index is 12.7. The monoisotopic (exact) mass is 351 g/mol. The lowest BCUT2D eigenvalue weighted by atomic mass is 9.97. The molecule has 1 aromatic heterocycles. The third kappa shape index (κ3) is 3.21. The number of ether oxygens (including phenoxy) is 1. The SMILES string of the molecule is CCOC(=O)C1CCN(C(=O)c2sc3ccccc3c2Cl)CC1. The highest BCUT2D eigenvalue weighted by Crippen LogP contribution is 2.36. The number of rotatable bonds is 3. The molecular weight excluding hydrogens is 334 g/mol. The van der Waals surface area contributed by atoms with Gasteiger partial charge in [-0.05, 0) is 25.8 Å². The number of esters is 1. The maximum absolute atomic E-state index is 12.7. The molecule has 0 aliphatic carbocycles. The first-order valence-electron chi connectivity index (χ1n) is 7.74. The minimum atomic E-state index is -0.153. The molecule has 0 saturated carbocycles. The number of piperidine rings is 1. The highest BCUT2D eigenvalue weighted by Gasteiger charge is 2.30. The van der Waals surface area contributed by atoms with Crippen LogP contribution in [0.25, 0.3) is 10.1 Å². The summed E-state index contributed by atoms with van der Waals surface area (Å²) in [5, 5.41) is 1.45. The van der Waals surface area contributed by atoms with Gasteiger partial charge in [0, 0.05) is 23.2 Å². The lowest BCUT2D eigenvalue weighted by molar-refractivity contribution is -0.149. The molecule has 1 aromatic carbocycles. The molecule has 4 nitrogen and oxygen atoms in total. The fraction of sp³-hybridized carbons (Fsp3) is 0.412. The number of carbonyl (C=O) groups excluding carboxylic acids is 2. The van der Waals surface area contributed by atoms with Gasteiger partial charge < -0.3 is 9.64 Å². The molecule has 1 aliphatic rings. The predicted octanol–water partition coefficient (Wildman–Crippen LogP) is 3.97. The van der Waals surface area contributed by atoms with Crippen LogP contribution in [0.1, 0.15) is 29.4 Å². The molecule has 0 unspecified atom stereocenters. The lowest BCUT2D eigenvalue weighted by Crippen LogP contribution is -2.40. The summed E-state index contributed by atoms with van der Waals surface area (Å²) in [5.41, 5.74) is 0. The molecule has 0 atom stereocenters. The second kappa shape index (κ2) is 6.89. The molecule has 1 amide bonds. The first-order valence-corrected chi connectivity index (χ1v) is 8.94. The Morgan fingerprint density at radius 2 is 2.00 bits per heavy atom. The second-order valence-electron chi connectivity index (χ2n) is 5.56. The van der Waals surface area contributed by atoms with Crippen LogP contribution in [0, 0.1) is 5.92 Å². The molecule has 122 valence electrons. The van der Waals surface area contributed by atoms with Crippen molar-refractivity contribution in [2.75, 3.05) is 19.7 Å². The van der Waals surface area contributed by atoms with E-state index in [0.29, 0.717) is 42.4 Å². The van der Waals surface area contributed by atoms with Crippen LogP contribution in [0.4, 0.5) is 0 Å². The zero-order valence-corrected chi connectivity index (χ0v) is 14.5. The summed E-state index contributed by atoms with van der Waals surface area (Å²) in [4.78, 5) is 26.9. The molecule has 23 heavy (non-hydrogen) atoms. The summed E-state index contributed by atoms with van der Waals surface area (Å²) >= 11 is 7.81. The molecule has 0 N–H and O–H groups in total. The van der Waals surface area contributed by atoms with Gasteiger partial charge in [0.2, 0.25) is 0 Å². The van der Waals surface area contributed by atoms with Gasteiger partial charge in [-0.2, -0.15) is 0 Å². The molecule has 1 aliphatic heterocycles. The quantitative estimate of drug-likeness (QED) is 0.786. The Bertz CT molecular complexity index is 735. The number of hydrogen-bond acceptors (Lipinski definition) is 4. The number of amides is 1. The van der Waals surface area contributed by atoms with Crippen molar-refractivity contribution in [2.45, 2.75) is 19.8 Å². The van der Waals surface area contributed by atoms with Crippen LogP contribution >= 0.6 is 22.9 Å². The van der Waals surface area contributed by atoms with Crippen LogP contribution in [0.2, 0.25) is 5.02 Å². The lowest BCUT2D eigenvalue weighted by Gasteiger charge is -2.30. The topological polar surface area (TPSA) is 46.6 Å². The van der Waals surface area contributed by atoms with Crippen LogP contribution in [0.3, 0.4) is 0 Å². The normalized spacial score (nSPS) is 15.8. The van der Waals surface area contributed by atoms with E-state index < -0.39 is 0 Å². The third-order valence-electron chi connectivity index (χ3n) is 4.13. The maximum Gasteiger partial charge on any atom is 0.309 e. The molecule has 0 radical (unpaired) electrons. The average Bonchev–Trinajstić information content (AvgIpc) is 2.92. The van der Waals surface area contributed by atoms with E-state index in [1.165, 1.54) is 11.3 Å². The zero-order chi connectivity index (χ0) is 16.4. The summed E-state index contributed by atoms with van der Waals surface area (Å²) in [6.07, 6.45) is 1.29. The predicted molar refractivity (Wildman–Crippen MR) is 92.1 cm³/mol. The van der Waals surface area contributed by atoms with Crippen molar-refractivity contribution in [1.82, 2.24) is 4.90 Å². The highest BCUT2D eigenvalue weighted by molar-refractivity contribution is 7.21. The number of nitrogens with zero attached hydrogens (tertiary/aromatic N) is 1. The van der Waals surface area contributed by atoms with E-state index in [2.05, 4.69) is 0 Å². The largest absolute Gasteiger partial charge is 0.466 e. The van der Waals surface area contributed by atoms with E-state index in [4.69, 9.17) is 16.3 Å². The van der Waals surface area contributed by atoms with E-state index in [1.54, 1.807) is 11.8 Å². The first-order chi connectivity index (χ1) is 11.1. The molecule has 0 spiro atoms. The smallest absolute Gasteiger partial charge is 0.309 e. The Hall–Kier alpha value is -1.59. The minimum Gasteiger partial charge on any atom is -0.466 e. The fourth-order valence-electron chi connectivity index (χ4n) is 2.87. The summed E-state index contributed by atoms with van der Waals surface area (Å²) in [6.45, 7) is 3.33. The van der Waals surface area contributed by atoms with Crippen molar-refractivity contribution >= 4 is 44.9 Å². The Morgan fingerprint density at radius 1 is 1.30 bits per heavy atom. The van der Waals surface area contributed by atoms with E-state index >= 15 is 0 Å². The molecule has 1 saturated heterocycles. The van der Waals surface area contributed by atoms with Gasteiger partial charge in [-0.1, -0.05) is 29.8 Å². The fourth-order valence-corrected chi connectivity index (χ4v) is 4.35. The van der Waals surface area contributed by atoms with Gasteiger partial charge in [-0.25, -0.2) is 0 Å². The number of hydrogen-bond donors (Lipinski definition) is 0. The van der Waals surface area contributed by atoms with Gasteiger partial charge in [-0.3, -0.25) is 9.59 Å². The minimum absolute atomic E-state index is 0.0430. The summed E-state index contributed by atoms with van der Waals surface area (Å²) in [5.74, 6) is -0.296. The number of likely N-dealkylation sites (tertiary alicyclic amines) is 1. The molecule has 0 bridgehead atoms. The first kappa shape index (κ1) is 16.3. The van der Waals surface area contributed by atoms with Crippen molar-refractivity contribution < 1.29 is 14.3 Å². The van der Waals surface area contributed by atoms with Crippen LogP contribution in [-0.4, -0.2) is 36.5 Å². The summed E-state index contributed by atoms with van der Waals surface area (Å²) in [7, 11) is 0. The Morgan fingerprint density at radius 3 is 2.65 bits per heavy atom. The molecular formula is C17H18ClNO3S. The van der Waals surface area contributed by atoms with Crippen LogP contribution in [0.5, 0.6) is 0 Å². The van der Waals surface area contributed by atoms with Crippen LogP contribution < -0.4 is 0 Å². The van der Waals surface area contributed by atoms with Crippen molar-refractivity contribution in [3.63, 3.8) is 0 Å². The van der Waals surface area contributed by atoms with E-state index in [9.17, 15) is 9.59 Å². The van der Waals surface area contributed by atoms with Crippen molar-refractivity contribution in [3.8, 4) is 0 Å². The van der Waals surface area contributed by atoms with Crippen LogP contribution in [-0.2, 0) is 9.53 Å². The van der Waals surface area contributed by atoms with Gasteiger partial charge in [0.15, 0.2) is 0 Å². The van der Waals surface area contributed by atoms with Gasteiger partial charge in [0.05, 0.1) is 17.5 Å². The number of halogens is 1. The zero-order valence-electron chi connectivity index (χ0n) is 12.9. The Kier molecular flexibility index (Phi) is 4.87.